The molecule has 1 aliphatic heterocycles. The Hall–Kier alpha value is -6.16. The molecule has 0 saturated carbocycles. The second-order valence-corrected chi connectivity index (χ2v) is 13.1. The van der Waals surface area contributed by atoms with Crippen LogP contribution in [-0.2, 0) is 32.1 Å². The molecular formula is C42H44N6O6. The number of anilines is 2. The third kappa shape index (κ3) is 8.89. The zero-order chi connectivity index (χ0) is 38.8. The smallest absolute Gasteiger partial charge is 0.308 e. The second kappa shape index (κ2) is 18.1. The van der Waals surface area contributed by atoms with Crippen LogP contribution in [-0.4, -0.2) is 70.4 Å². The molecule has 3 aromatic carbocycles. The number of ether oxygens (including phenoxy) is 1. The third-order valence-corrected chi connectivity index (χ3v) is 9.24. The number of aromatic nitrogens is 1. The molecule has 2 unspecified atom stereocenters. The van der Waals surface area contributed by atoms with Crippen molar-refractivity contribution in [1.29, 1.82) is 0 Å². The second-order valence-electron chi connectivity index (χ2n) is 13.1. The fourth-order valence-electron chi connectivity index (χ4n) is 6.76. The van der Waals surface area contributed by atoms with E-state index in [1.165, 1.54) is 23.6 Å². The highest BCUT2D eigenvalue weighted by molar-refractivity contribution is 6.17. The summed E-state index contributed by atoms with van der Waals surface area (Å²) >= 11 is 0. The Kier molecular flexibility index (Phi) is 13.1. The number of nitrogens with two attached hydrogens (primary N) is 2. The quantitative estimate of drug-likeness (QED) is 0.0683. The summed E-state index contributed by atoms with van der Waals surface area (Å²) in [5.74, 6) is -2.78. The lowest BCUT2D eigenvalue weighted by atomic mass is 9.93. The van der Waals surface area contributed by atoms with Gasteiger partial charge >= 0.3 is 5.97 Å². The molecule has 0 radical (unpaired) electrons. The van der Waals surface area contributed by atoms with Gasteiger partial charge in [-0.1, -0.05) is 97.4 Å². The number of amides is 2. The van der Waals surface area contributed by atoms with E-state index >= 15 is 0 Å². The molecule has 5 N–H and O–H groups in total. The minimum atomic E-state index is -1.15. The first-order valence-corrected chi connectivity index (χ1v) is 17.8. The number of esters is 1. The maximum absolute atomic E-state index is 15.0. The van der Waals surface area contributed by atoms with Crippen LogP contribution in [0.15, 0.2) is 91.0 Å². The van der Waals surface area contributed by atoms with Gasteiger partial charge in [0.25, 0.3) is 0 Å². The van der Waals surface area contributed by atoms with E-state index in [0.717, 1.165) is 11.1 Å². The number of nitrogens with one attached hydrogen (secondary N) is 1. The lowest BCUT2D eigenvalue weighted by Crippen LogP contribution is -2.51. The van der Waals surface area contributed by atoms with Crippen molar-refractivity contribution in [2.24, 2.45) is 11.5 Å². The van der Waals surface area contributed by atoms with Gasteiger partial charge in [-0.3, -0.25) is 24.0 Å². The maximum atomic E-state index is 15.0. The Labute approximate surface area is 314 Å². The van der Waals surface area contributed by atoms with Crippen molar-refractivity contribution in [3.63, 3.8) is 0 Å². The molecule has 4 aromatic rings. The van der Waals surface area contributed by atoms with Gasteiger partial charge in [0.15, 0.2) is 5.78 Å². The summed E-state index contributed by atoms with van der Waals surface area (Å²) in [6, 6.07) is 26.3. The van der Waals surface area contributed by atoms with Crippen molar-refractivity contribution in [3.05, 3.63) is 113 Å². The molecule has 1 fully saturated rings. The zero-order valence-corrected chi connectivity index (χ0v) is 30.4. The van der Waals surface area contributed by atoms with E-state index in [4.69, 9.17) is 27.6 Å². The van der Waals surface area contributed by atoms with E-state index in [-0.39, 0.29) is 54.3 Å². The predicted molar refractivity (Wildman–Crippen MR) is 206 cm³/mol. The SMILES string of the molecule is C#CNc1c(C(C)=O)c(-c2ccccc2)nc(C(=O)C2CCCN2C(=O)CN)c1N(C(=O)[C@H](C)N)C(CC(=O)OCc1ccccc1)Cc1ccccc1. The number of ketones is 2. The minimum absolute atomic E-state index is 0.0128. The molecule has 1 aliphatic rings. The van der Waals surface area contributed by atoms with Gasteiger partial charge in [-0.05, 0) is 44.2 Å². The molecule has 5 rings (SSSR count). The van der Waals surface area contributed by atoms with Gasteiger partial charge in [-0.25, -0.2) is 4.98 Å². The number of Topliss-reactive ketones (excluding diaryl/α,β-unsaturated/α-hetero) is 2. The highest BCUT2D eigenvalue weighted by atomic mass is 16.5. The molecule has 278 valence electrons. The molecule has 54 heavy (non-hydrogen) atoms. The molecule has 2 amide bonds. The summed E-state index contributed by atoms with van der Waals surface area (Å²) in [5, 5.41) is 2.82. The maximum Gasteiger partial charge on any atom is 0.308 e. The predicted octanol–water partition coefficient (Wildman–Crippen LogP) is 4.51. The Morgan fingerprint density at radius 3 is 2.17 bits per heavy atom. The van der Waals surface area contributed by atoms with Gasteiger partial charge in [-0.2, -0.15) is 0 Å². The van der Waals surface area contributed by atoms with E-state index < -0.39 is 47.5 Å². The highest BCUT2D eigenvalue weighted by Gasteiger charge is 2.42. The largest absolute Gasteiger partial charge is 0.461 e. The molecule has 1 aromatic heterocycles. The van der Waals surface area contributed by atoms with E-state index in [1.807, 2.05) is 60.7 Å². The number of hydrogen-bond donors (Lipinski definition) is 3. The monoisotopic (exact) mass is 728 g/mol. The van der Waals surface area contributed by atoms with Crippen molar-refractivity contribution in [2.75, 3.05) is 23.3 Å². The van der Waals surface area contributed by atoms with Crippen LogP contribution in [0.1, 0.15) is 65.1 Å². The standard InChI is InChI=1S/C42H44N6O6/c1-4-45-38-36(28(3)49)37(31-19-12-7-13-20-31)46-39(41(52)33-21-14-22-47(33)34(50)25-43)40(38)48(42(53)27(2)44)32(23-29-15-8-5-9-16-29)24-35(51)54-26-30-17-10-6-11-18-30/h1,5-13,15-20,27,32-33H,14,21-26,43-44H2,2-3H3,(H,45,46)/t27-,32?,33?/m0/s1. The average Bonchev–Trinajstić information content (AvgIpc) is 3.68. The number of carbonyl (C=O) groups excluding carboxylic acids is 5. The lowest BCUT2D eigenvalue weighted by Gasteiger charge is -2.36. The molecular weight excluding hydrogens is 684 g/mol. The summed E-state index contributed by atoms with van der Waals surface area (Å²) < 4.78 is 5.70. The first kappa shape index (κ1) is 39.1. The zero-order valence-electron chi connectivity index (χ0n) is 30.4. The molecule has 0 aliphatic carbocycles. The van der Waals surface area contributed by atoms with Crippen LogP contribution in [0.25, 0.3) is 11.3 Å². The highest BCUT2D eigenvalue weighted by Crippen LogP contribution is 2.42. The number of nitrogens with zero attached hydrogens (tertiary/aromatic N) is 3. The number of carbonyl (C=O) groups is 5. The van der Waals surface area contributed by atoms with Crippen molar-refractivity contribution in [2.45, 2.75) is 64.3 Å². The molecule has 2 heterocycles. The number of hydrogen-bond acceptors (Lipinski definition) is 10. The number of rotatable bonds is 15. The van der Waals surface area contributed by atoms with Crippen molar-refractivity contribution in [1.82, 2.24) is 9.88 Å². The third-order valence-electron chi connectivity index (χ3n) is 9.24. The van der Waals surface area contributed by atoms with Crippen LogP contribution >= 0.6 is 0 Å². The number of pyridine rings is 1. The van der Waals surface area contributed by atoms with Crippen LogP contribution in [0.5, 0.6) is 0 Å². The molecule has 12 heteroatoms. The fraction of sp³-hybridized carbons (Fsp3) is 0.286. The normalized spacial score (nSPS) is 14.7. The van der Waals surface area contributed by atoms with Crippen LogP contribution in [0.4, 0.5) is 11.4 Å². The number of benzene rings is 3. The number of terminal acetylenes is 1. The van der Waals surface area contributed by atoms with Gasteiger partial charge in [0.05, 0.1) is 53.7 Å². The summed E-state index contributed by atoms with van der Waals surface area (Å²) in [6.07, 6.45) is 6.49. The summed E-state index contributed by atoms with van der Waals surface area (Å²) in [6.45, 7) is 2.78. The molecule has 1 saturated heterocycles. The molecule has 3 atom stereocenters. The van der Waals surface area contributed by atoms with Gasteiger partial charge in [0.2, 0.25) is 17.6 Å². The molecule has 0 bridgehead atoms. The van der Waals surface area contributed by atoms with Gasteiger partial charge < -0.3 is 31.3 Å². The van der Waals surface area contributed by atoms with Gasteiger partial charge in [0, 0.05) is 18.2 Å². The molecule has 0 spiro atoms. The van der Waals surface area contributed by atoms with Crippen molar-refractivity contribution >= 4 is 40.7 Å². The minimum Gasteiger partial charge on any atom is -0.461 e. The Bertz CT molecular complexity index is 2030. The topological polar surface area (TPSA) is 178 Å². The van der Waals surface area contributed by atoms with Crippen LogP contribution in [0.3, 0.4) is 0 Å². The lowest BCUT2D eigenvalue weighted by molar-refractivity contribution is -0.145. The summed E-state index contributed by atoms with van der Waals surface area (Å²) in [7, 11) is 0. The summed E-state index contributed by atoms with van der Waals surface area (Å²) in [4.78, 5) is 77.5. The fourth-order valence-corrected chi connectivity index (χ4v) is 6.76. The van der Waals surface area contributed by atoms with E-state index in [0.29, 0.717) is 24.9 Å². The first-order chi connectivity index (χ1) is 26.0. The Morgan fingerprint density at radius 2 is 1.59 bits per heavy atom. The van der Waals surface area contributed by atoms with E-state index in [2.05, 4.69) is 11.4 Å². The van der Waals surface area contributed by atoms with Crippen LogP contribution in [0.2, 0.25) is 0 Å². The van der Waals surface area contributed by atoms with Gasteiger partial charge in [-0.15, -0.1) is 0 Å². The van der Waals surface area contributed by atoms with Crippen LogP contribution < -0.4 is 21.7 Å². The van der Waals surface area contributed by atoms with Gasteiger partial charge in [0.1, 0.15) is 12.3 Å². The Balaban J connectivity index is 1.79. The Morgan fingerprint density at radius 1 is 0.981 bits per heavy atom. The first-order valence-electron chi connectivity index (χ1n) is 17.8. The summed E-state index contributed by atoms with van der Waals surface area (Å²) in [5.41, 5.74) is 13.9. The van der Waals surface area contributed by atoms with Crippen molar-refractivity contribution in [3.8, 4) is 23.7 Å². The molecule has 12 nitrogen and oxygen atoms in total. The van der Waals surface area contributed by atoms with E-state index in [9.17, 15) is 24.0 Å². The van der Waals surface area contributed by atoms with Crippen molar-refractivity contribution < 1.29 is 28.7 Å². The van der Waals surface area contributed by atoms with Crippen LogP contribution in [0, 0.1) is 12.5 Å². The average molecular weight is 729 g/mol. The number of likely N-dealkylation sites (tertiary alicyclic amines) is 1. The van der Waals surface area contributed by atoms with E-state index in [1.54, 1.807) is 30.3 Å².